The van der Waals surface area contributed by atoms with E-state index in [-0.39, 0.29) is 0 Å². The monoisotopic (exact) mass is 214 g/mol. The smallest absolute Gasteiger partial charge is 0.136 e. The number of nitrogen functional groups attached to an aromatic ring is 1. The molecule has 16 heavy (non-hydrogen) atoms. The van der Waals surface area contributed by atoms with Crippen LogP contribution in [0.1, 0.15) is 5.56 Å². The Bertz CT molecular complexity index is 482. The van der Waals surface area contributed by atoms with Crippen LogP contribution in [-0.4, -0.2) is 17.0 Å². The van der Waals surface area contributed by atoms with E-state index in [9.17, 15) is 0 Å². The number of nitrogens with zero attached hydrogens (tertiary/aromatic N) is 3. The predicted octanol–water partition coefficient (Wildman–Crippen LogP) is 2.14. The zero-order valence-electron chi connectivity index (χ0n) is 9.38. The molecule has 0 fully saturated rings. The molecule has 0 radical (unpaired) electrons. The van der Waals surface area contributed by atoms with E-state index in [0.717, 1.165) is 17.2 Å². The fraction of sp³-hybridized carbons (Fsp3) is 0.167. The van der Waals surface area contributed by atoms with Crippen LogP contribution in [0.4, 0.5) is 17.3 Å². The lowest BCUT2D eigenvalue weighted by atomic mass is 10.2. The molecule has 0 aliphatic heterocycles. The van der Waals surface area contributed by atoms with Crippen molar-refractivity contribution in [2.45, 2.75) is 6.92 Å². The summed E-state index contributed by atoms with van der Waals surface area (Å²) in [5, 5.41) is 0. The van der Waals surface area contributed by atoms with Gasteiger partial charge in [0.1, 0.15) is 11.6 Å². The van der Waals surface area contributed by atoms with Gasteiger partial charge in [0.25, 0.3) is 0 Å². The number of aryl methyl sites for hydroxylation is 1. The average molecular weight is 214 g/mol. The first-order chi connectivity index (χ1) is 7.68. The van der Waals surface area contributed by atoms with Gasteiger partial charge in [-0.3, -0.25) is 0 Å². The first kappa shape index (κ1) is 10.4. The van der Waals surface area contributed by atoms with Crippen LogP contribution in [0.5, 0.6) is 0 Å². The van der Waals surface area contributed by atoms with Crippen molar-refractivity contribution in [3.05, 3.63) is 42.2 Å². The normalized spacial score (nSPS) is 10.1. The van der Waals surface area contributed by atoms with Gasteiger partial charge in [0.15, 0.2) is 0 Å². The minimum Gasteiger partial charge on any atom is -0.397 e. The molecule has 2 heterocycles. The Hall–Kier alpha value is -2.10. The molecule has 0 unspecified atom stereocenters. The van der Waals surface area contributed by atoms with Gasteiger partial charge >= 0.3 is 0 Å². The van der Waals surface area contributed by atoms with E-state index in [2.05, 4.69) is 9.97 Å². The first-order valence-corrected chi connectivity index (χ1v) is 5.05. The van der Waals surface area contributed by atoms with Gasteiger partial charge in [-0.05, 0) is 30.7 Å². The highest BCUT2D eigenvalue weighted by Gasteiger charge is 2.08. The molecule has 0 aliphatic rings. The lowest BCUT2D eigenvalue weighted by Gasteiger charge is -2.19. The van der Waals surface area contributed by atoms with Crippen molar-refractivity contribution >= 4 is 17.3 Å². The Morgan fingerprint density at radius 1 is 1.25 bits per heavy atom. The molecule has 0 saturated carbocycles. The SMILES string of the molecule is Cc1cc(N)cnc1N(C)c1ccccn1. The lowest BCUT2D eigenvalue weighted by Crippen LogP contribution is -2.14. The van der Waals surface area contributed by atoms with Crippen molar-refractivity contribution in [1.29, 1.82) is 0 Å². The average Bonchev–Trinajstić information content (AvgIpc) is 2.29. The maximum Gasteiger partial charge on any atom is 0.136 e. The van der Waals surface area contributed by atoms with Crippen molar-refractivity contribution in [2.24, 2.45) is 0 Å². The summed E-state index contributed by atoms with van der Waals surface area (Å²) in [6.07, 6.45) is 3.42. The second kappa shape index (κ2) is 4.18. The lowest BCUT2D eigenvalue weighted by molar-refractivity contribution is 1.06. The summed E-state index contributed by atoms with van der Waals surface area (Å²) in [7, 11) is 1.94. The van der Waals surface area contributed by atoms with Crippen LogP contribution in [0.15, 0.2) is 36.7 Å². The zero-order valence-corrected chi connectivity index (χ0v) is 9.38. The van der Waals surface area contributed by atoms with E-state index in [1.165, 1.54) is 0 Å². The van der Waals surface area contributed by atoms with Gasteiger partial charge in [0.05, 0.1) is 11.9 Å². The molecule has 4 nitrogen and oxygen atoms in total. The summed E-state index contributed by atoms with van der Waals surface area (Å²) in [4.78, 5) is 10.5. The number of hydrogen-bond acceptors (Lipinski definition) is 4. The number of anilines is 3. The maximum absolute atomic E-state index is 5.67. The van der Waals surface area contributed by atoms with Crippen LogP contribution in [0.2, 0.25) is 0 Å². The summed E-state index contributed by atoms with van der Waals surface area (Å²) >= 11 is 0. The number of hydrogen-bond donors (Lipinski definition) is 1. The number of aromatic nitrogens is 2. The van der Waals surface area contributed by atoms with Crippen molar-refractivity contribution in [2.75, 3.05) is 17.7 Å². The van der Waals surface area contributed by atoms with Gasteiger partial charge in [-0.2, -0.15) is 0 Å². The second-order valence-electron chi connectivity index (χ2n) is 3.66. The van der Waals surface area contributed by atoms with Gasteiger partial charge in [0, 0.05) is 13.2 Å². The third-order valence-corrected chi connectivity index (χ3v) is 2.38. The van der Waals surface area contributed by atoms with E-state index in [1.807, 2.05) is 43.1 Å². The van der Waals surface area contributed by atoms with Crippen molar-refractivity contribution in [3.8, 4) is 0 Å². The van der Waals surface area contributed by atoms with Crippen LogP contribution in [0, 0.1) is 6.92 Å². The minimum absolute atomic E-state index is 0.677. The van der Waals surface area contributed by atoms with E-state index in [0.29, 0.717) is 5.69 Å². The van der Waals surface area contributed by atoms with Gasteiger partial charge in [0.2, 0.25) is 0 Å². The van der Waals surface area contributed by atoms with Crippen LogP contribution in [-0.2, 0) is 0 Å². The van der Waals surface area contributed by atoms with Crippen molar-refractivity contribution in [1.82, 2.24) is 9.97 Å². The third-order valence-electron chi connectivity index (χ3n) is 2.38. The van der Waals surface area contributed by atoms with E-state index in [1.54, 1.807) is 12.4 Å². The molecule has 0 atom stereocenters. The Morgan fingerprint density at radius 2 is 2.06 bits per heavy atom. The summed E-state index contributed by atoms with van der Waals surface area (Å²) < 4.78 is 0. The molecule has 0 aromatic carbocycles. The molecule has 2 rings (SSSR count). The number of nitrogens with two attached hydrogens (primary N) is 1. The van der Waals surface area contributed by atoms with E-state index >= 15 is 0 Å². The van der Waals surface area contributed by atoms with Crippen molar-refractivity contribution < 1.29 is 0 Å². The summed E-state index contributed by atoms with van der Waals surface area (Å²) in [6, 6.07) is 7.69. The largest absolute Gasteiger partial charge is 0.397 e. The Balaban J connectivity index is 2.38. The summed E-state index contributed by atoms with van der Waals surface area (Å²) in [5.74, 6) is 1.73. The van der Waals surface area contributed by atoms with E-state index in [4.69, 9.17) is 5.73 Å². The highest BCUT2D eigenvalue weighted by atomic mass is 15.2. The van der Waals surface area contributed by atoms with Crippen LogP contribution in [0.25, 0.3) is 0 Å². The van der Waals surface area contributed by atoms with Crippen LogP contribution in [0.3, 0.4) is 0 Å². The fourth-order valence-electron chi connectivity index (χ4n) is 1.60. The topological polar surface area (TPSA) is 55.0 Å². The maximum atomic E-state index is 5.67. The van der Waals surface area contributed by atoms with Crippen molar-refractivity contribution in [3.63, 3.8) is 0 Å². The number of pyridine rings is 2. The zero-order chi connectivity index (χ0) is 11.5. The molecule has 0 amide bonds. The molecule has 0 aliphatic carbocycles. The summed E-state index contributed by atoms with van der Waals surface area (Å²) in [6.45, 7) is 1.98. The standard InChI is InChI=1S/C12H14N4/c1-9-7-10(13)8-15-12(9)16(2)11-5-3-4-6-14-11/h3-8H,13H2,1-2H3. The Kier molecular flexibility index (Phi) is 2.72. The molecule has 0 saturated heterocycles. The second-order valence-corrected chi connectivity index (χ2v) is 3.66. The number of rotatable bonds is 2. The molecule has 82 valence electrons. The Labute approximate surface area is 94.8 Å². The molecule has 2 aromatic rings. The van der Waals surface area contributed by atoms with E-state index < -0.39 is 0 Å². The van der Waals surface area contributed by atoms with Gasteiger partial charge in [-0.1, -0.05) is 6.07 Å². The van der Waals surface area contributed by atoms with Gasteiger partial charge in [-0.15, -0.1) is 0 Å². The summed E-state index contributed by atoms with van der Waals surface area (Å²) in [5.41, 5.74) is 7.38. The Morgan fingerprint density at radius 3 is 2.69 bits per heavy atom. The molecular weight excluding hydrogens is 200 g/mol. The fourth-order valence-corrected chi connectivity index (χ4v) is 1.60. The molecule has 2 N–H and O–H groups in total. The molecule has 0 bridgehead atoms. The molecule has 2 aromatic heterocycles. The molecular formula is C12H14N4. The first-order valence-electron chi connectivity index (χ1n) is 5.05. The van der Waals surface area contributed by atoms with Gasteiger partial charge < -0.3 is 10.6 Å². The van der Waals surface area contributed by atoms with Gasteiger partial charge in [-0.25, -0.2) is 9.97 Å². The molecule has 0 spiro atoms. The quantitative estimate of drug-likeness (QED) is 0.832. The molecule has 4 heteroatoms. The predicted molar refractivity (Wildman–Crippen MR) is 65.7 cm³/mol. The highest BCUT2D eigenvalue weighted by molar-refractivity contribution is 5.60. The highest BCUT2D eigenvalue weighted by Crippen LogP contribution is 2.23. The van der Waals surface area contributed by atoms with Crippen LogP contribution >= 0.6 is 0 Å². The minimum atomic E-state index is 0.677. The van der Waals surface area contributed by atoms with Crippen LogP contribution < -0.4 is 10.6 Å². The third kappa shape index (κ3) is 1.95.